The van der Waals surface area contributed by atoms with Crippen LogP contribution in [0.4, 0.5) is 10.1 Å². The van der Waals surface area contributed by atoms with Gasteiger partial charge >= 0.3 is 5.69 Å². The smallest absolute Gasteiger partial charge is 0.324 e. The van der Waals surface area contributed by atoms with Crippen molar-refractivity contribution in [3.8, 4) is 0 Å². The molecule has 0 spiro atoms. The number of para-hydroxylation sites is 1. The molecule has 0 aliphatic heterocycles. The van der Waals surface area contributed by atoms with E-state index in [9.17, 15) is 22.9 Å². The van der Waals surface area contributed by atoms with Crippen molar-refractivity contribution in [1.82, 2.24) is 4.31 Å². The Kier molecular flexibility index (Phi) is 4.55. The second kappa shape index (κ2) is 6.04. The van der Waals surface area contributed by atoms with Crippen LogP contribution in [0.1, 0.15) is 19.3 Å². The Hall–Kier alpha value is -1.58. The lowest BCUT2D eigenvalue weighted by atomic mass is 9.93. The van der Waals surface area contributed by atoms with Gasteiger partial charge in [-0.15, -0.1) is 0 Å². The van der Waals surface area contributed by atoms with Crippen molar-refractivity contribution in [3.63, 3.8) is 0 Å². The molecule has 1 aromatic rings. The lowest BCUT2D eigenvalue weighted by Gasteiger charge is -2.36. The third-order valence-electron chi connectivity index (χ3n) is 3.52. The summed E-state index contributed by atoms with van der Waals surface area (Å²) in [5.74, 6) is -1.20. The first-order valence-corrected chi connectivity index (χ1v) is 7.89. The van der Waals surface area contributed by atoms with Crippen molar-refractivity contribution >= 4 is 15.7 Å². The summed E-state index contributed by atoms with van der Waals surface area (Å²) in [6.07, 6.45) is 2.11. The fourth-order valence-electron chi connectivity index (χ4n) is 2.28. The van der Waals surface area contributed by atoms with E-state index in [0.717, 1.165) is 28.9 Å². The number of sulfonamides is 1. The van der Waals surface area contributed by atoms with Crippen molar-refractivity contribution in [1.29, 1.82) is 0 Å². The maximum absolute atomic E-state index is 13.6. The van der Waals surface area contributed by atoms with Gasteiger partial charge in [0.25, 0.3) is 0 Å². The monoisotopic (exact) mass is 318 g/mol. The minimum Gasteiger partial charge on any atom is -0.395 e. The van der Waals surface area contributed by atoms with E-state index in [1.165, 1.54) is 0 Å². The Bertz CT molecular complexity index is 645. The highest BCUT2D eigenvalue weighted by Gasteiger charge is 2.39. The van der Waals surface area contributed by atoms with Crippen LogP contribution in [-0.4, -0.2) is 41.9 Å². The maximum Gasteiger partial charge on any atom is 0.324 e. The zero-order chi connectivity index (χ0) is 15.6. The van der Waals surface area contributed by atoms with Crippen LogP contribution in [-0.2, 0) is 10.0 Å². The summed E-state index contributed by atoms with van der Waals surface area (Å²) in [7, 11) is -4.23. The largest absolute Gasteiger partial charge is 0.395 e. The molecule has 1 aromatic carbocycles. The Labute approximate surface area is 121 Å². The molecule has 1 fully saturated rings. The maximum atomic E-state index is 13.6. The Morgan fingerprint density at radius 1 is 1.43 bits per heavy atom. The third kappa shape index (κ3) is 2.89. The normalized spacial score (nSPS) is 16.0. The van der Waals surface area contributed by atoms with E-state index in [0.29, 0.717) is 12.8 Å². The van der Waals surface area contributed by atoms with Crippen molar-refractivity contribution < 1.29 is 22.8 Å². The van der Waals surface area contributed by atoms with Crippen LogP contribution < -0.4 is 0 Å². The molecule has 0 unspecified atom stereocenters. The lowest BCUT2D eigenvalue weighted by Crippen LogP contribution is -2.45. The molecule has 0 amide bonds. The van der Waals surface area contributed by atoms with E-state index in [2.05, 4.69) is 0 Å². The topological polar surface area (TPSA) is 101 Å². The molecule has 0 atom stereocenters. The molecule has 9 heteroatoms. The molecule has 1 aliphatic rings. The standard InChI is InChI=1S/C12H15FN2O5S/c13-10-5-2-6-11(12(10)15(17)18)21(19,20)14(7-8-16)9-3-1-4-9/h2,5-6,9,16H,1,3-4,7-8H2. The van der Waals surface area contributed by atoms with Gasteiger partial charge in [-0.05, 0) is 25.0 Å². The average Bonchev–Trinajstić information content (AvgIpc) is 2.35. The molecule has 0 saturated heterocycles. The molecule has 7 nitrogen and oxygen atoms in total. The zero-order valence-corrected chi connectivity index (χ0v) is 11.9. The number of rotatable bonds is 6. The van der Waals surface area contributed by atoms with Gasteiger partial charge in [0.2, 0.25) is 15.8 Å². The second-order valence-corrected chi connectivity index (χ2v) is 6.63. The number of benzene rings is 1. The van der Waals surface area contributed by atoms with Crippen LogP contribution in [0, 0.1) is 15.9 Å². The van der Waals surface area contributed by atoms with Gasteiger partial charge in [-0.1, -0.05) is 12.5 Å². The molecular weight excluding hydrogens is 303 g/mol. The van der Waals surface area contributed by atoms with Gasteiger partial charge in [0, 0.05) is 12.6 Å². The van der Waals surface area contributed by atoms with E-state index in [4.69, 9.17) is 5.11 Å². The Balaban J connectivity index is 2.52. The van der Waals surface area contributed by atoms with Crippen LogP contribution in [0.2, 0.25) is 0 Å². The van der Waals surface area contributed by atoms with Crippen molar-refractivity contribution in [2.75, 3.05) is 13.2 Å². The quantitative estimate of drug-likeness (QED) is 0.629. The molecule has 0 heterocycles. The molecule has 0 bridgehead atoms. The summed E-state index contributed by atoms with van der Waals surface area (Å²) >= 11 is 0. The Morgan fingerprint density at radius 3 is 2.57 bits per heavy atom. The summed E-state index contributed by atoms with van der Waals surface area (Å²) in [6.45, 7) is -0.570. The molecule has 1 aliphatic carbocycles. The van der Waals surface area contributed by atoms with E-state index in [1.807, 2.05) is 0 Å². The van der Waals surface area contributed by atoms with Crippen LogP contribution in [0.25, 0.3) is 0 Å². The second-order valence-electron chi connectivity index (χ2n) is 4.77. The minimum absolute atomic E-state index is 0.166. The van der Waals surface area contributed by atoms with E-state index in [-0.39, 0.29) is 12.6 Å². The highest BCUT2D eigenvalue weighted by molar-refractivity contribution is 7.89. The molecule has 2 rings (SSSR count). The summed E-state index contributed by atoms with van der Waals surface area (Å²) < 4.78 is 39.8. The highest BCUT2D eigenvalue weighted by Crippen LogP contribution is 2.34. The van der Waals surface area contributed by atoms with E-state index < -0.39 is 38.0 Å². The fraction of sp³-hybridized carbons (Fsp3) is 0.500. The van der Waals surface area contributed by atoms with Gasteiger partial charge in [0.1, 0.15) is 0 Å². The number of nitro groups is 1. The molecule has 0 radical (unpaired) electrons. The number of nitrogens with zero attached hydrogens (tertiary/aromatic N) is 2. The van der Waals surface area contributed by atoms with Crippen LogP contribution >= 0.6 is 0 Å². The molecule has 1 saturated carbocycles. The van der Waals surface area contributed by atoms with Gasteiger partial charge in [-0.2, -0.15) is 8.70 Å². The van der Waals surface area contributed by atoms with Crippen LogP contribution in [0.5, 0.6) is 0 Å². The first-order valence-electron chi connectivity index (χ1n) is 6.45. The molecular formula is C12H15FN2O5S. The number of aliphatic hydroxyl groups is 1. The van der Waals surface area contributed by atoms with Gasteiger partial charge in [-0.3, -0.25) is 10.1 Å². The number of nitro benzene ring substituents is 1. The predicted molar refractivity (Wildman–Crippen MR) is 71.7 cm³/mol. The number of halogens is 1. The van der Waals surface area contributed by atoms with Crippen molar-refractivity contribution in [2.24, 2.45) is 0 Å². The van der Waals surface area contributed by atoms with E-state index >= 15 is 0 Å². The lowest BCUT2D eigenvalue weighted by molar-refractivity contribution is -0.390. The van der Waals surface area contributed by atoms with Gasteiger partial charge in [0.15, 0.2) is 4.90 Å². The summed E-state index contributed by atoms with van der Waals surface area (Å²) in [5.41, 5.74) is -1.06. The SMILES string of the molecule is O=[N+]([O-])c1c(F)cccc1S(=O)(=O)N(CCO)C1CCC1. The average molecular weight is 318 g/mol. The Morgan fingerprint density at radius 2 is 2.10 bits per heavy atom. The first-order chi connectivity index (χ1) is 9.89. The highest BCUT2D eigenvalue weighted by atomic mass is 32.2. The van der Waals surface area contributed by atoms with Crippen LogP contribution in [0.3, 0.4) is 0 Å². The third-order valence-corrected chi connectivity index (χ3v) is 5.50. The molecule has 1 N–H and O–H groups in total. The zero-order valence-electron chi connectivity index (χ0n) is 11.1. The molecule has 116 valence electrons. The van der Waals surface area contributed by atoms with Gasteiger partial charge in [0.05, 0.1) is 11.5 Å². The van der Waals surface area contributed by atoms with Gasteiger partial charge in [-0.25, -0.2) is 8.42 Å². The number of aliphatic hydroxyl groups excluding tert-OH is 1. The first kappa shape index (κ1) is 15.8. The summed E-state index contributed by atoms with van der Waals surface area (Å²) in [5, 5.41) is 20.0. The molecule has 21 heavy (non-hydrogen) atoms. The van der Waals surface area contributed by atoms with Crippen molar-refractivity contribution in [2.45, 2.75) is 30.2 Å². The van der Waals surface area contributed by atoms with E-state index in [1.54, 1.807) is 0 Å². The number of hydrogen-bond donors (Lipinski definition) is 1. The molecule has 0 aromatic heterocycles. The van der Waals surface area contributed by atoms with Crippen molar-refractivity contribution in [3.05, 3.63) is 34.1 Å². The number of hydrogen-bond acceptors (Lipinski definition) is 5. The van der Waals surface area contributed by atoms with Crippen LogP contribution in [0.15, 0.2) is 23.1 Å². The summed E-state index contributed by atoms with van der Waals surface area (Å²) in [6, 6.07) is 2.67. The fourth-order valence-corrected chi connectivity index (χ4v) is 4.12. The summed E-state index contributed by atoms with van der Waals surface area (Å²) in [4.78, 5) is 9.24. The predicted octanol–water partition coefficient (Wildman–Crippen LogP) is 1.27. The van der Waals surface area contributed by atoms with Gasteiger partial charge < -0.3 is 5.11 Å². The minimum atomic E-state index is -4.23.